The van der Waals surface area contributed by atoms with Crippen LogP contribution in [0.1, 0.15) is 23.9 Å². The molecule has 1 saturated heterocycles. The minimum absolute atomic E-state index is 0.0741. The number of hydrogen-bond acceptors (Lipinski definition) is 13. The molecular formula is C21H27N6O13P3. The molecule has 8 N–H and O–H groups in total. The molecule has 3 aromatic rings. The van der Waals surface area contributed by atoms with Crippen molar-refractivity contribution < 1.29 is 61.1 Å². The maximum atomic E-state index is 12.4. The summed E-state index contributed by atoms with van der Waals surface area (Å²) in [5.74, 6) is -0.284. The van der Waals surface area contributed by atoms with E-state index in [4.69, 9.17) is 20.3 Å². The normalized spacial score (nSPS) is 22.0. The fourth-order valence-electron chi connectivity index (χ4n) is 4.07. The molecule has 1 fully saturated rings. The molecule has 3 unspecified atom stereocenters. The Kier molecular flexibility index (Phi) is 10.3. The smallest absolute Gasteiger partial charge is 0.390 e. The molecule has 4 heterocycles. The lowest BCUT2D eigenvalue weighted by Crippen LogP contribution is -2.26. The van der Waals surface area contributed by atoms with Crippen LogP contribution in [-0.4, -0.2) is 75.5 Å². The van der Waals surface area contributed by atoms with E-state index in [0.29, 0.717) is 23.9 Å². The van der Waals surface area contributed by atoms with Crippen molar-refractivity contribution in [2.24, 2.45) is 0 Å². The van der Waals surface area contributed by atoms with Crippen LogP contribution in [0.15, 0.2) is 43.0 Å². The van der Waals surface area contributed by atoms with Crippen LogP contribution in [0.3, 0.4) is 0 Å². The number of amides is 1. The van der Waals surface area contributed by atoms with E-state index < -0.39 is 48.5 Å². The molecule has 19 nitrogen and oxygen atoms in total. The second-order valence-corrected chi connectivity index (χ2v) is 13.4. The molecule has 0 spiro atoms. The second kappa shape index (κ2) is 13.4. The summed E-state index contributed by atoms with van der Waals surface area (Å²) in [5, 5.41) is 13.6. The Balaban J connectivity index is 1.42. The number of hydrogen-bond donors (Lipinski definition) is 7. The van der Waals surface area contributed by atoms with Gasteiger partial charge in [-0.2, -0.15) is 8.62 Å². The summed E-state index contributed by atoms with van der Waals surface area (Å²) in [5.41, 5.74) is 7.62. The van der Waals surface area contributed by atoms with Crippen molar-refractivity contribution in [3.8, 4) is 0 Å². The Morgan fingerprint density at radius 3 is 2.60 bits per heavy atom. The third-order valence-electron chi connectivity index (χ3n) is 5.82. The van der Waals surface area contributed by atoms with E-state index in [-0.39, 0.29) is 23.8 Å². The van der Waals surface area contributed by atoms with Gasteiger partial charge in [0.05, 0.1) is 18.1 Å². The lowest BCUT2D eigenvalue weighted by Gasteiger charge is -2.19. The third kappa shape index (κ3) is 9.30. The Bertz CT molecular complexity index is 1630. The molecule has 1 amide bonds. The first kappa shape index (κ1) is 33.0. The second-order valence-electron chi connectivity index (χ2n) is 8.96. The van der Waals surface area contributed by atoms with E-state index in [9.17, 15) is 33.4 Å². The Morgan fingerprint density at radius 2 is 1.91 bits per heavy atom. The summed E-state index contributed by atoms with van der Waals surface area (Å²) in [6.45, 7) is -0.494. The van der Waals surface area contributed by atoms with E-state index in [1.54, 1.807) is 18.5 Å². The van der Waals surface area contributed by atoms with Crippen LogP contribution in [0, 0.1) is 0 Å². The van der Waals surface area contributed by atoms with Gasteiger partial charge in [-0.15, -0.1) is 0 Å². The average Bonchev–Trinajstić information content (AvgIpc) is 3.45. The van der Waals surface area contributed by atoms with Crippen molar-refractivity contribution >= 4 is 52.3 Å². The van der Waals surface area contributed by atoms with E-state index in [0.717, 1.165) is 5.69 Å². The highest BCUT2D eigenvalue weighted by molar-refractivity contribution is 7.66. The number of pyridine rings is 1. The van der Waals surface area contributed by atoms with E-state index in [1.807, 2.05) is 12.1 Å². The molecule has 0 saturated carbocycles. The molecule has 0 aromatic carbocycles. The first-order valence-electron chi connectivity index (χ1n) is 12.2. The zero-order valence-electron chi connectivity index (χ0n) is 21.9. The highest BCUT2D eigenvalue weighted by atomic mass is 31.3. The molecule has 1 aliphatic rings. The molecule has 0 aliphatic carbocycles. The Hall–Kier alpha value is -2.89. The number of anilines is 1. The maximum Gasteiger partial charge on any atom is 0.490 e. The molecular weight excluding hydrogens is 637 g/mol. The highest BCUT2D eigenvalue weighted by Gasteiger charge is 2.43. The molecule has 3 aromatic heterocycles. The van der Waals surface area contributed by atoms with E-state index >= 15 is 0 Å². The topological polar surface area (TPSA) is 288 Å². The van der Waals surface area contributed by atoms with Gasteiger partial charge in [-0.1, -0.05) is 6.07 Å². The van der Waals surface area contributed by atoms with Gasteiger partial charge in [0.25, 0.3) is 0 Å². The van der Waals surface area contributed by atoms with Crippen molar-refractivity contribution in [3.63, 3.8) is 0 Å². The molecule has 4 rings (SSSR count). The lowest BCUT2D eigenvalue weighted by atomic mass is 10.2. The van der Waals surface area contributed by atoms with Crippen LogP contribution in [-0.2, 0) is 42.8 Å². The lowest BCUT2D eigenvalue weighted by molar-refractivity contribution is -0.116. The number of carbonyl (C=O) groups is 1. The van der Waals surface area contributed by atoms with Crippen LogP contribution < -0.4 is 11.1 Å². The molecule has 22 heteroatoms. The summed E-state index contributed by atoms with van der Waals surface area (Å²) in [6, 6.07) is 5.48. The van der Waals surface area contributed by atoms with Gasteiger partial charge in [0, 0.05) is 49.1 Å². The van der Waals surface area contributed by atoms with Gasteiger partial charge < -0.3 is 45.0 Å². The number of aliphatic hydroxyl groups excluding tert-OH is 1. The zero-order valence-corrected chi connectivity index (χ0v) is 24.6. The minimum atomic E-state index is -5.71. The van der Waals surface area contributed by atoms with Gasteiger partial charge in [0.2, 0.25) is 5.91 Å². The van der Waals surface area contributed by atoms with E-state index in [1.165, 1.54) is 23.0 Å². The molecule has 0 radical (unpaired) electrons. The fourth-order valence-corrected chi connectivity index (χ4v) is 7.10. The third-order valence-corrected chi connectivity index (χ3v) is 9.62. The zero-order chi connectivity index (χ0) is 31.4. The van der Waals surface area contributed by atoms with Crippen LogP contribution in [0.2, 0.25) is 0 Å². The summed E-state index contributed by atoms with van der Waals surface area (Å²) < 4.78 is 53.5. The Morgan fingerprint density at radius 1 is 1.14 bits per heavy atom. The van der Waals surface area contributed by atoms with Gasteiger partial charge in [-0.05, 0) is 18.2 Å². The quantitative estimate of drug-likeness (QED) is 0.0981. The van der Waals surface area contributed by atoms with Crippen LogP contribution in [0.4, 0.5) is 5.82 Å². The summed E-state index contributed by atoms with van der Waals surface area (Å²) in [7, 11) is -16.7. The first-order chi connectivity index (χ1) is 20.1. The number of phosphoric acid groups is 3. The monoisotopic (exact) mass is 664 g/mol. The molecule has 43 heavy (non-hydrogen) atoms. The van der Waals surface area contributed by atoms with Gasteiger partial charge in [0.15, 0.2) is 0 Å². The van der Waals surface area contributed by atoms with Crippen LogP contribution in [0.25, 0.3) is 17.1 Å². The number of rotatable bonds is 13. The number of aliphatic hydroxyl groups is 1. The number of carbonyl (C=O) groups excluding carboxylic acids is 1. The fraction of sp³-hybridized carbons (Fsp3) is 0.333. The molecule has 234 valence electrons. The van der Waals surface area contributed by atoms with Crippen molar-refractivity contribution in [3.05, 3.63) is 54.3 Å². The van der Waals surface area contributed by atoms with Crippen LogP contribution >= 0.6 is 23.5 Å². The molecule has 5 atom stereocenters. The first-order valence-corrected chi connectivity index (χ1v) is 16.7. The summed E-state index contributed by atoms with van der Waals surface area (Å²) >= 11 is 0. The molecule has 0 bridgehead atoms. The predicted molar refractivity (Wildman–Crippen MR) is 146 cm³/mol. The van der Waals surface area contributed by atoms with E-state index in [2.05, 4.69) is 33.4 Å². The number of nitrogen functional groups attached to an aromatic ring is 1. The average molecular weight is 664 g/mol. The van der Waals surface area contributed by atoms with Gasteiger partial charge in [-0.25, -0.2) is 23.7 Å². The largest absolute Gasteiger partial charge is 0.490 e. The number of nitrogens with two attached hydrogens (primary N) is 1. The standard InChI is InChI=1S/C21H27N6O13P3/c22-20-19-13(4-5-17(29)24-8-6-14-3-1-2-7-23-14)10-27(21(19)26-12-25-20)18-9-15(28)16(38-18)11-37-42(33,34)40-43(35,36)39-41(30,31)32/h1-5,7,10,12,15-16,18,28H,6,8-9,11H2,(H,24,29)(H,33,34)(H,35,36)(H2,22,25,26)(H2,30,31,32)/b5-4+/t15?,16-,18-/m1/s1. The number of phosphoric ester groups is 1. The predicted octanol–water partition coefficient (Wildman–Crippen LogP) is 0.772. The summed E-state index contributed by atoms with van der Waals surface area (Å²) in [6.07, 6.45) is 4.18. The number of aromatic nitrogens is 4. The van der Waals surface area contributed by atoms with Crippen LogP contribution in [0.5, 0.6) is 0 Å². The van der Waals surface area contributed by atoms with Gasteiger partial charge in [0.1, 0.15) is 30.1 Å². The number of ether oxygens (including phenoxy) is 1. The van der Waals surface area contributed by atoms with Gasteiger partial charge >= 0.3 is 23.5 Å². The highest BCUT2D eigenvalue weighted by Crippen LogP contribution is 2.66. The van der Waals surface area contributed by atoms with Crippen molar-refractivity contribution in [1.29, 1.82) is 0 Å². The number of nitrogens with one attached hydrogen (secondary N) is 1. The summed E-state index contributed by atoms with van der Waals surface area (Å²) in [4.78, 5) is 61.0. The molecule has 1 aliphatic heterocycles. The van der Waals surface area contributed by atoms with Crippen molar-refractivity contribution in [1.82, 2.24) is 24.8 Å². The van der Waals surface area contributed by atoms with Gasteiger partial charge in [-0.3, -0.25) is 14.3 Å². The maximum absolute atomic E-state index is 12.4. The minimum Gasteiger partial charge on any atom is -0.390 e. The number of nitrogens with zero attached hydrogens (tertiary/aromatic N) is 4. The van der Waals surface area contributed by atoms with Crippen molar-refractivity contribution in [2.45, 2.75) is 31.3 Å². The Labute approximate surface area is 242 Å². The van der Waals surface area contributed by atoms with Crippen molar-refractivity contribution in [2.75, 3.05) is 18.9 Å². The SMILES string of the molecule is Nc1ncnc2c1c(/C=C/C(=O)NCCc1ccccn1)cn2[C@H]1CC(O)[C@@H](COP(=O)(O)OP(=O)(O)OP(=O)(O)O)O1. The number of fused-ring (bicyclic) bond motifs is 1.